The Morgan fingerprint density at radius 1 is 1.24 bits per heavy atom. The molecular weight excluding hydrogens is 863 g/mol. The average molecular weight is 872 g/mol. The Bertz CT molecular complexity index is 786. The van der Waals surface area contributed by atoms with Crippen molar-refractivity contribution in [3.63, 3.8) is 0 Å². The van der Waals surface area contributed by atoms with E-state index in [0.717, 1.165) is 14.5 Å². The summed E-state index contributed by atoms with van der Waals surface area (Å²) in [5.41, 5.74) is -5.06. The van der Waals surface area contributed by atoms with Crippen LogP contribution in [-0.2, 0) is 19.6 Å². The first-order valence-corrected chi connectivity index (χ1v) is 13.5. The van der Waals surface area contributed by atoms with Gasteiger partial charge in [-0.25, -0.2) is 0 Å². The average Bonchev–Trinajstić information content (AvgIpc) is 2.46. The van der Waals surface area contributed by atoms with Crippen molar-refractivity contribution < 1.29 is 35.9 Å². The van der Waals surface area contributed by atoms with Gasteiger partial charge in [-0.05, 0) is 0 Å². The van der Waals surface area contributed by atoms with Crippen molar-refractivity contribution >= 4 is 102 Å². The molecule has 1 aromatic rings. The molecule has 1 N–H and O–H groups in total. The zero-order valence-electron chi connectivity index (χ0n) is 12.4. The molecule has 0 aliphatic carbocycles. The zero-order chi connectivity index (χ0) is 19.4. The number of carbonyl (C=O) groups excluding carboxylic acids is 2. The van der Waals surface area contributed by atoms with Gasteiger partial charge < -0.3 is 0 Å². The molecule has 1 aromatic carbocycles. The molecule has 0 bridgehead atoms. The number of alkyl halides is 3. The number of nitrogens with one attached hydrogen (secondary N) is 1. The second-order valence-corrected chi connectivity index (χ2v) is 12.1. The third kappa shape index (κ3) is 6.85. The molecule has 0 spiro atoms. The summed E-state index contributed by atoms with van der Waals surface area (Å²) in [6.07, 6.45) is -0.611. The Morgan fingerprint density at radius 2 is 1.84 bits per heavy atom. The number of hydrogen-bond acceptors (Lipinski definition) is 5. The van der Waals surface area contributed by atoms with Crippen molar-refractivity contribution in [3.8, 4) is 0 Å². The van der Waals surface area contributed by atoms with Crippen molar-refractivity contribution in [2.24, 2.45) is 0 Å². The predicted molar refractivity (Wildman–Crippen MR) is 92.6 cm³/mol. The van der Waals surface area contributed by atoms with Crippen LogP contribution in [0.15, 0.2) is 12.1 Å². The molecule has 0 fully saturated rings. The molecule has 132 valence electrons. The van der Waals surface area contributed by atoms with Gasteiger partial charge in [-0.3, -0.25) is 0 Å². The fraction of sp³-hybridized carbons (Fsp3) is 0.333. The second-order valence-electron chi connectivity index (χ2n) is 4.64. The van der Waals surface area contributed by atoms with Gasteiger partial charge in [0.2, 0.25) is 0 Å². The molecule has 0 saturated heterocycles. The Morgan fingerprint density at radius 3 is 2.40 bits per heavy atom. The summed E-state index contributed by atoms with van der Waals surface area (Å²) in [7, 11) is -5.71. The zero-order valence-corrected chi connectivity index (χ0v) is 24.3. The van der Waals surface area contributed by atoms with Crippen LogP contribution in [0.3, 0.4) is 0 Å². The summed E-state index contributed by atoms with van der Waals surface area (Å²) in [4.78, 5) is 23.4. The predicted octanol–water partition coefficient (Wildman–Crippen LogP) is -0.218. The Hall–Kier alpha value is 0.474. The first-order valence-electron chi connectivity index (χ1n) is 6.49. The van der Waals surface area contributed by atoms with E-state index in [9.17, 15) is 31.2 Å². The van der Waals surface area contributed by atoms with Gasteiger partial charge in [0.05, 0.1) is 0 Å². The van der Waals surface area contributed by atoms with Gasteiger partial charge in [0.25, 0.3) is 0 Å². The molecule has 0 aliphatic rings. The number of benzene rings is 1. The monoisotopic (exact) mass is 873 g/mol. The first kappa shape index (κ1) is 23.5. The van der Waals surface area contributed by atoms with Crippen LogP contribution < -0.4 is 11.0 Å². The molecule has 1 amide bonds. The van der Waals surface area contributed by atoms with Crippen LogP contribution >= 0.6 is 22.6 Å². The van der Waals surface area contributed by atoms with Crippen molar-refractivity contribution in [2.75, 3.05) is 6.61 Å². The summed E-state index contributed by atoms with van der Waals surface area (Å²) in [6, 6.07) is 3.78. The van der Waals surface area contributed by atoms with Gasteiger partial charge in [0.1, 0.15) is 0 Å². The summed E-state index contributed by atoms with van der Waals surface area (Å²) >= 11 is 3.04. The van der Waals surface area contributed by atoms with E-state index in [1.165, 1.54) is 0 Å². The van der Waals surface area contributed by atoms with Crippen molar-refractivity contribution in [1.82, 2.24) is 4.72 Å². The number of ether oxygens (including phenoxy) is 1. The Balaban J connectivity index is 2.53. The molecular formula is C12H9F3INO5STl2. The van der Waals surface area contributed by atoms with Crippen LogP contribution in [0, 0.1) is 3.57 Å². The number of hydrogen-bond donors (Lipinski definition) is 1. The molecule has 0 radical (unpaired) electrons. The van der Waals surface area contributed by atoms with E-state index >= 15 is 0 Å². The summed E-state index contributed by atoms with van der Waals surface area (Å²) in [5, 5.41) is 0. The van der Waals surface area contributed by atoms with Gasteiger partial charge in [-0.1, -0.05) is 0 Å². The minimum atomic E-state index is -5.71. The molecule has 0 heterocycles. The second kappa shape index (κ2) is 9.60. The number of amides is 1. The van der Waals surface area contributed by atoms with E-state index in [1.807, 2.05) is 34.7 Å². The van der Waals surface area contributed by atoms with Gasteiger partial charge in [0.15, 0.2) is 0 Å². The van der Waals surface area contributed by atoms with Crippen molar-refractivity contribution in [3.05, 3.63) is 21.3 Å². The molecule has 0 unspecified atom stereocenters. The topological polar surface area (TPSA) is 89.5 Å². The van der Waals surface area contributed by atoms with Crippen LogP contribution in [0.4, 0.5) is 13.2 Å². The molecule has 0 aliphatic heterocycles. The van der Waals surface area contributed by atoms with E-state index < -0.39 is 33.8 Å². The molecule has 25 heavy (non-hydrogen) atoms. The first-order chi connectivity index (χ1) is 11.4. The number of esters is 1. The third-order valence-electron chi connectivity index (χ3n) is 2.77. The van der Waals surface area contributed by atoms with Gasteiger partial charge in [-0.15, -0.1) is 0 Å². The van der Waals surface area contributed by atoms with Gasteiger partial charge >= 0.3 is 189 Å². The summed E-state index contributed by atoms with van der Waals surface area (Å²) in [5.74, 6) is -1.86. The summed E-state index contributed by atoms with van der Waals surface area (Å²) in [6.45, 7) is -0.202. The number of halogens is 4. The van der Waals surface area contributed by atoms with Crippen LogP contribution in [-0.4, -0.2) is 83.9 Å². The normalized spacial score (nSPS) is 11.8. The van der Waals surface area contributed by atoms with Crippen LogP contribution in [0.5, 0.6) is 0 Å². The molecule has 1 rings (SSSR count). The molecule has 0 atom stereocenters. The van der Waals surface area contributed by atoms with E-state index in [0.29, 0.717) is 57.1 Å². The van der Waals surface area contributed by atoms with Crippen molar-refractivity contribution in [2.45, 2.75) is 18.3 Å². The molecule has 13 heteroatoms. The Kier molecular flexibility index (Phi) is 9.03. The van der Waals surface area contributed by atoms with E-state index in [1.54, 1.807) is 0 Å². The number of carbonyl (C=O) groups is 2. The quantitative estimate of drug-likeness (QED) is 0.185. The summed E-state index contributed by atoms with van der Waals surface area (Å²) < 4.78 is 66.7. The number of sulfonamides is 1. The Labute approximate surface area is 187 Å². The minimum absolute atomic E-state index is 0.0946. The third-order valence-corrected chi connectivity index (χ3v) is 14.2. The number of rotatable bonds is 6. The maximum absolute atomic E-state index is 12.1. The molecule has 0 saturated carbocycles. The van der Waals surface area contributed by atoms with E-state index in [-0.39, 0.29) is 13.0 Å². The van der Waals surface area contributed by atoms with E-state index in [4.69, 9.17) is 4.74 Å². The van der Waals surface area contributed by atoms with Crippen LogP contribution in [0.2, 0.25) is 0 Å². The van der Waals surface area contributed by atoms with Crippen LogP contribution in [0.1, 0.15) is 23.2 Å². The fourth-order valence-corrected chi connectivity index (χ4v) is 6.27. The molecule has 6 nitrogen and oxygen atoms in total. The van der Waals surface area contributed by atoms with Gasteiger partial charge in [0, 0.05) is 0 Å². The standard InChI is InChI=1S/C12H9F3INO5S.2Tl/c13-12(14,15)23(20,21)17-10(18)6-3-7-22-11(19)8-4-1-2-5-9(8)16;;/h2,5H,3,6-7H2,(H,17,18);;. The van der Waals surface area contributed by atoms with Gasteiger partial charge in [-0.2, -0.15) is 0 Å². The molecule has 0 aromatic heterocycles. The van der Waals surface area contributed by atoms with E-state index in [2.05, 4.69) is 0 Å². The van der Waals surface area contributed by atoms with Crippen molar-refractivity contribution in [1.29, 1.82) is 0 Å². The fourth-order valence-electron chi connectivity index (χ4n) is 1.55. The van der Waals surface area contributed by atoms with Crippen LogP contribution in [0.25, 0.3) is 0 Å². The SMILES string of the molecule is O=C(CCCOC(=O)c1c(I)cc[c]([Tl])[c]1[Tl])NS(=O)(=O)C(F)(F)F. The maximum atomic E-state index is 12.1.